The zero-order valence-corrected chi connectivity index (χ0v) is 19.4. The highest BCUT2D eigenvalue weighted by molar-refractivity contribution is 7.99. The third kappa shape index (κ3) is 3.01. The molecule has 3 N–H and O–H groups in total. The molecule has 11 heteroatoms. The van der Waals surface area contributed by atoms with Crippen LogP contribution in [0.15, 0.2) is 27.9 Å². The Kier molecular flexibility index (Phi) is 4.83. The Balaban J connectivity index is 1.65. The average molecular weight is 498 g/mol. The monoisotopic (exact) mass is 497 g/mol. The molecule has 0 aliphatic carbocycles. The number of hydrogen-bond donors (Lipinski definition) is 3. The first-order valence-corrected chi connectivity index (χ1v) is 12.1. The highest BCUT2D eigenvalue weighted by Gasteiger charge is 2.45. The van der Waals surface area contributed by atoms with Crippen LogP contribution in [0.5, 0.6) is 0 Å². The van der Waals surface area contributed by atoms with Crippen molar-refractivity contribution >= 4 is 34.5 Å². The van der Waals surface area contributed by atoms with Crippen molar-refractivity contribution in [3.05, 3.63) is 56.6 Å². The Morgan fingerprint density at radius 1 is 1.34 bits per heavy atom. The zero-order chi connectivity index (χ0) is 24.6. The lowest BCUT2D eigenvalue weighted by molar-refractivity contribution is -0.172. The number of nitrogens with one attached hydrogen (secondary N) is 1. The van der Waals surface area contributed by atoms with Gasteiger partial charge in [0.2, 0.25) is 5.91 Å². The third-order valence-electron chi connectivity index (χ3n) is 6.99. The van der Waals surface area contributed by atoms with Gasteiger partial charge in [-0.3, -0.25) is 9.59 Å². The van der Waals surface area contributed by atoms with Crippen LogP contribution in [0.2, 0.25) is 0 Å². The van der Waals surface area contributed by atoms with E-state index in [1.54, 1.807) is 13.0 Å². The first-order valence-electron chi connectivity index (χ1n) is 11.1. The van der Waals surface area contributed by atoms with Crippen molar-refractivity contribution < 1.29 is 28.9 Å². The number of amides is 1. The summed E-state index contributed by atoms with van der Waals surface area (Å²) in [6, 6.07) is 3.83. The third-order valence-corrected chi connectivity index (χ3v) is 8.13. The predicted octanol–water partition coefficient (Wildman–Crippen LogP) is 1.47. The summed E-state index contributed by atoms with van der Waals surface area (Å²) < 4.78 is 21.1. The second-order valence-corrected chi connectivity index (χ2v) is 9.90. The predicted molar refractivity (Wildman–Crippen MR) is 123 cm³/mol. The van der Waals surface area contributed by atoms with Gasteiger partial charge in [-0.15, -0.1) is 11.8 Å². The lowest BCUT2D eigenvalue weighted by Gasteiger charge is -2.31. The van der Waals surface area contributed by atoms with Crippen LogP contribution in [0.25, 0.3) is 22.3 Å². The van der Waals surface area contributed by atoms with E-state index in [-0.39, 0.29) is 30.7 Å². The normalized spacial score (nSPS) is 21.8. The van der Waals surface area contributed by atoms with E-state index in [1.807, 2.05) is 0 Å². The first-order chi connectivity index (χ1) is 16.8. The molecule has 0 fully saturated rings. The number of rotatable bonds is 3. The average Bonchev–Trinajstić information content (AvgIpc) is 3.21. The highest BCUT2D eigenvalue weighted by atomic mass is 32.2. The van der Waals surface area contributed by atoms with Crippen molar-refractivity contribution in [2.75, 3.05) is 12.4 Å². The van der Waals surface area contributed by atoms with Gasteiger partial charge in [0, 0.05) is 33.2 Å². The molecule has 0 radical (unpaired) electrons. The summed E-state index contributed by atoms with van der Waals surface area (Å²) in [5, 5.41) is 23.9. The minimum Gasteiger partial charge on any atom is -0.458 e. The number of hydrogen-bond acceptors (Lipinski definition) is 8. The largest absolute Gasteiger partial charge is 0.458 e. The van der Waals surface area contributed by atoms with Crippen LogP contribution in [0.3, 0.4) is 0 Å². The van der Waals surface area contributed by atoms with Gasteiger partial charge >= 0.3 is 5.97 Å². The van der Waals surface area contributed by atoms with Crippen molar-refractivity contribution in [3.8, 4) is 11.4 Å². The lowest BCUT2D eigenvalue weighted by atomic mass is 9.86. The maximum Gasteiger partial charge on any atom is 0.343 e. The second kappa shape index (κ2) is 7.61. The summed E-state index contributed by atoms with van der Waals surface area (Å²) in [6.45, 7) is 0.862. The molecule has 0 unspecified atom stereocenters. The van der Waals surface area contributed by atoms with Crippen molar-refractivity contribution in [1.29, 1.82) is 0 Å². The van der Waals surface area contributed by atoms with Gasteiger partial charge in [-0.05, 0) is 24.1 Å². The molecule has 0 saturated heterocycles. The van der Waals surface area contributed by atoms with Gasteiger partial charge in [-0.25, -0.2) is 14.2 Å². The Bertz CT molecular complexity index is 1540. The number of pyridine rings is 2. The fraction of sp³-hybridized carbons (Fsp3) is 0.333. The summed E-state index contributed by atoms with van der Waals surface area (Å²) in [7, 11) is 0. The van der Waals surface area contributed by atoms with Crippen molar-refractivity contribution in [1.82, 2.24) is 14.9 Å². The van der Waals surface area contributed by atoms with Crippen LogP contribution in [0.4, 0.5) is 4.39 Å². The number of nitrogens with zero attached hydrogens (tertiary/aromatic N) is 2. The van der Waals surface area contributed by atoms with Gasteiger partial charge < -0.3 is 24.8 Å². The molecule has 2 aromatic heterocycles. The van der Waals surface area contributed by atoms with Crippen molar-refractivity contribution in [2.45, 2.75) is 43.0 Å². The van der Waals surface area contributed by atoms with Gasteiger partial charge in [0.05, 0.1) is 35.1 Å². The summed E-state index contributed by atoms with van der Waals surface area (Å²) >= 11 is 1.38. The molecule has 9 nitrogen and oxygen atoms in total. The number of esters is 1. The Morgan fingerprint density at radius 3 is 2.89 bits per heavy atom. The Hall–Kier alpha value is -3.28. The number of benzene rings is 1. The van der Waals surface area contributed by atoms with Gasteiger partial charge in [-0.1, -0.05) is 6.92 Å². The Morgan fingerprint density at radius 2 is 2.14 bits per heavy atom. The fourth-order valence-electron chi connectivity index (χ4n) is 5.28. The number of cyclic esters (lactones) is 1. The van der Waals surface area contributed by atoms with Crippen LogP contribution in [0.1, 0.15) is 41.6 Å². The summed E-state index contributed by atoms with van der Waals surface area (Å²) in [6.07, 6.45) is 0.0199. The van der Waals surface area contributed by atoms with Gasteiger partial charge in [0.1, 0.15) is 19.0 Å². The van der Waals surface area contributed by atoms with Crippen molar-refractivity contribution in [3.63, 3.8) is 0 Å². The molecule has 5 heterocycles. The Labute approximate surface area is 201 Å². The van der Waals surface area contributed by atoms with Crippen molar-refractivity contribution in [2.24, 2.45) is 0 Å². The van der Waals surface area contributed by atoms with E-state index in [0.717, 1.165) is 5.56 Å². The number of thioether (sulfide) groups is 1. The fourth-order valence-corrected chi connectivity index (χ4v) is 6.44. The van der Waals surface area contributed by atoms with E-state index in [2.05, 4.69) is 5.32 Å². The van der Waals surface area contributed by atoms with Crippen LogP contribution < -0.4 is 10.9 Å². The number of carbonyl (C=O) groups excluding carboxylic acids is 2. The van der Waals surface area contributed by atoms with E-state index in [1.165, 1.54) is 28.5 Å². The number of halogens is 1. The maximum atomic E-state index is 14.4. The van der Waals surface area contributed by atoms with E-state index >= 15 is 0 Å². The molecule has 2 atom stereocenters. The lowest BCUT2D eigenvalue weighted by Crippen LogP contribution is -2.44. The molecule has 3 aliphatic rings. The van der Waals surface area contributed by atoms with E-state index in [9.17, 15) is 29.0 Å². The van der Waals surface area contributed by atoms with Crippen LogP contribution >= 0.6 is 11.8 Å². The van der Waals surface area contributed by atoms with E-state index in [0.29, 0.717) is 38.5 Å². The van der Waals surface area contributed by atoms with Crippen LogP contribution in [-0.4, -0.2) is 44.0 Å². The number of ether oxygens (including phenoxy) is 1. The van der Waals surface area contributed by atoms with E-state index < -0.39 is 41.5 Å². The van der Waals surface area contributed by atoms with E-state index in [4.69, 9.17) is 9.72 Å². The zero-order valence-electron chi connectivity index (χ0n) is 18.6. The molecule has 180 valence electrons. The molecular weight excluding hydrogens is 477 g/mol. The highest BCUT2D eigenvalue weighted by Crippen LogP contribution is 2.47. The molecule has 6 rings (SSSR count). The number of fused-ring (bicyclic) bond motifs is 5. The SMILES string of the molecule is CC[C@@]1(O)C(=O)OCc2c1cc1n(c2=O)Cc2c-1nc1cc(F)cc3c1c2[C@H](NC(=O)CO)CS3. The molecule has 0 spiro atoms. The summed E-state index contributed by atoms with van der Waals surface area (Å²) in [5.41, 5.74) is 0.653. The van der Waals surface area contributed by atoms with Crippen LogP contribution in [0, 0.1) is 5.82 Å². The molecule has 3 aliphatic heterocycles. The number of aliphatic hydroxyl groups is 2. The first kappa shape index (κ1) is 22.2. The molecule has 0 bridgehead atoms. The summed E-state index contributed by atoms with van der Waals surface area (Å²) in [4.78, 5) is 43.3. The van der Waals surface area contributed by atoms with Gasteiger partial charge in [-0.2, -0.15) is 0 Å². The standard InChI is InChI=1S/C24H20FN3O6S/c1-2-24(33)13-5-16-21-11(6-28(16)22(31)12(13)8-34-23(24)32)19-15(26-18(30)7-29)9-35-17-4-10(25)3-14(27-21)20(17)19/h3-5,15,29,33H,2,6-9H2,1H3,(H,26,30)/t15-,24+/m1/s1. The molecular formula is C24H20FN3O6S. The molecule has 1 aromatic carbocycles. The number of aromatic nitrogens is 2. The van der Waals surface area contributed by atoms with Gasteiger partial charge in [0.25, 0.3) is 5.56 Å². The molecule has 0 saturated carbocycles. The van der Waals surface area contributed by atoms with Crippen LogP contribution in [-0.2, 0) is 33.1 Å². The number of carbonyl (C=O) groups is 2. The van der Waals surface area contributed by atoms with Gasteiger partial charge in [0.15, 0.2) is 5.60 Å². The maximum absolute atomic E-state index is 14.4. The molecule has 3 aromatic rings. The molecule has 1 amide bonds. The molecule has 35 heavy (non-hydrogen) atoms. The topological polar surface area (TPSA) is 131 Å². The quantitative estimate of drug-likeness (QED) is 0.363. The minimum absolute atomic E-state index is 0.0199. The minimum atomic E-state index is -1.95. The smallest absolute Gasteiger partial charge is 0.343 e. The summed E-state index contributed by atoms with van der Waals surface area (Å²) in [5.74, 6) is -1.41. The second-order valence-electron chi connectivity index (χ2n) is 8.84. The number of aliphatic hydroxyl groups excluding tert-OH is 1.